The van der Waals surface area contributed by atoms with E-state index in [-0.39, 0.29) is 12.3 Å². The van der Waals surface area contributed by atoms with Crippen LogP contribution < -0.4 is 0 Å². The van der Waals surface area contributed by atoms with Crippen LogP contribution in [0.25, 0.3) is 0 Å². The SMILES string of the molecule is CCC(C(=O)O)N(C)C(=O)Cc1ccc(Cl)cc1. The predicted molar refractivity (Wildman–Crippen MR) is 69.6 cm³/mol. The van der Waals surface area contributed by atoms with E-state index in [9.17, 15) is 9.59 Å². The number of rotatable bonds is 5. The second kappa shape index (κ2) is 6.40. The van der Waals surface area contributed by atoms with Crippen molar-refractivity contribution in [3.05, 3.63) is 34.9 Å². The largest absolute Gasteiger partial charge is 0.480 e. The Hall–Kier alpha value is -1.55. The average Bonchev–Trinajstić information content (AvgIpc) is 2.32. The summed E-state index contributed by atoms with van der Waals surface area (Å²) in [5, 5.41) is 9.59. The van der Waals surface area contributed by atoms with Gasteiger partial charge in [0.05, 0.1) is 6.42 Å². The minimum Gasteiger partial charge on any atom is -0.480 e. The Balaban J connectivity index is 2.70. The topological polar surface area (TPSA) is 57.6 Å². The van der Waals surface area contributed by atoms with Gasteiger partial charge in [0, 0.05) is 12.1 Å². The molecule has 0 saturated carbocycles. The highest BCUT2D eigenvalue weighted by molar-refractivity contribution is 6.30. The number of carbonyl (C=O) groups is 2. The number of nitrogens with zero attached hydrogens (tertiary/aromatic N) is 1. The highest BCUT2D eigenvalue weighted by Crippen LogP contribution is 2.12. The molecule has 0 radical (unpaired) electrons. The van der Waals surface area contributed by atoms with Gasteiger partial charge in [-0.3, -0.25) is 4.79 Å². The molecule has 0 heterocycles. The summed E-state index contributed by atoms with van der Waals surface area (Å²) < 4.78 is 0. The van der Waals surface area contributed by atoms with E-state index in [1.807, 2.05) is 0 Å². The number of amides is 1. The van der Waals surface area contributed by atoms with Gasteiger partial charge in [0.15, 0.2) is 0 Å². The van der Waals surface area contributed by atoms with Crippen LogP contribution in [-0.4, -0.2) is 35.0 Å². The molecule has 0 aliphatic rings. The molecular weight excluding hydrogens is 254 g/mol. The summed E-state index contributed by atoms with van der Waals surface area (Å²) in [5.41, 5.74) is 0.816. The minimum absolute atomic E-state index is 0.178. The van der Waals surface area contributed by atoms with E-state index in [0.717, 1.165) is 5.56 Å². The molecule has 1 aromatic rings. The first-order valence-corrected chi connectivity index (χ1v) is 6.06. The van der Waals surface area contributed by atoms with Crippen molar-refractivity contribution >= 4 is 23.5 Å². The van der Waals surface area contributed by atoms with Gasteiger partial charge in [-0.1, -0.05) is 30.7 Å². The first-order chi connectivity index (χ1) is 8.45. The molecule has 5 heteroatoms. The Morgan fingerprint density at radius 1 is 1.33 bits per heavy atom. The van der Waals surface area contributed by atoms with Gasteiger partial charge in [0.2, 0.25) is 5.91 Å². The lowest BCUT2D eigenvalue weighted by Crippen LogP contribution is -2.42. The maximum atomic E-state index is 11.9. The molecule has 4 nitrogen and oxygen atoms in total. The summed E-state index contributed by atoms with van der Waals surface area (Å²) in [4.78, 5) is 24.2. The molecule has 0 aromatic heterocycles. The number of likely N-dealkylation sites (N-methyl/N-ethyl adjacent to an activating group) is 1. The van der Waals surface area contributed by atoms with Gasteiger partial charge >= 0.3 is 5.97 Å². The van der Waals surface area contributed by atoms with Crippen LogP contribution in [0.5, 0.6) is 0 Å². The predicted octanol–water partition coefficient (Wildman–Crippen LogP) is 2.20. The van der Waals surface area contributed by atoms with Crippen LogP contribution in [0.15, 0.2) is 24.3 Å². The van der Waals surface area contributed by atoms with Crippen LogP contribution in [0.1, 0.15) is 18.9 Å². The lowest BCUT2D eigenvalue weighted by atomic mass is 10.1. The van der Waals surface area contributed by atoms with Crippen LogP contribution >= 0.6 is 11.6 Å². The van der Waals surface area contributed by atoms with Gasteiger partial charge in [-0.25, -0.2) is 4.79 Å². The molecule has 0 aliphatic heterocycles. The first kappa shape index (κ1) is 14.5. The average molecular weight is 270 g/mol. The fourth-order valence-corrected chi connectivity index (χ4v) is 1.82. The Kier molecular flexibility index (Phi) is 5.16. The fourth-order valence-electron chi connectivity index (χ4n) is 1.69. The molecule has 1 atom stereocenters. The van der Waals surface area contributed by atoms with Gasteiger partial charge in [0.25, 0.3) is 0 Å². The molecule has 0 aliphatic carbocycles. The lowest BCUT2D eigenvalue weighted by Gasteiger charge is -2.23. The third-order valence-electron chi connectivity index (χ3n) is 2.80. The summed E-state index contributed by atoms with van der Waals surface area (Å²) in [6, 6.07) is 6.16. The minimum atomic E-state index is -0.982. The molecule has 0 fully saturated rings. The maximum Gasteiger partial charge on any atom is 0.326 e. The third-order valence-corrected chi connectivity index (χ3v) is 3.05. The molecule has 0 saturated heterocycles. The molecule has 1 N–H and O–H groups in total. The van der Waals surface area contributed by atoms with Crippen LogP contribution in [0.4, 0.5) is 0 Å². The van der Waals surface area contributed by atoms with Gasteiger partial charge in [-0.15, -0.1) is 0 Å². The molecule has 0 spiro atoms. The Bertz CT molecular complexity index is 430. The molecule has 1 amide bonds. The molecule has 1 rings (SSSR count). The van der Waals surface area contributed by atoms with E-state index in [0.29, 0.717) is 11.4 Å². The molecule has 1 unspecified atom stereocenters. The van der Waals surface area contributed by atoms with Crippen molar-refractivity contribution in [2.75, 3.05) is 7.05 Å². The Morgan fingerprint density at radius 3 is 2.33 bits per heavy atom. The van der Waals surface area contributed by atoms with Crippen LogP contribution in [0.3, 0.4) is 0 Å². The number of carbonyl (C=O) groups excluding carboxylic acids is 1. The van der Waals surface area contributed by atoms with Crippen LogP contribution in [0, 0.1) is 0 Å². The van der Waals surface area contributed by atoms with E-state index in [2.05, 4.69) is 0 Å². The van der Waals surface area contributed by atoms with E-state index >= 15 is 0 Å². The van der Waals surface area contributed by atoms with E-state index in [1.165, 1.54) is 11.9 Å². The fraction of sp³-hybridized carbons (Fsp3) is 0.385. The Morgan fingerprint density at radius 2 is 1.89 bits per heavy atom. The van der Waals surface area contributed by atoms with Gasteiger partial charge in [-0.2, -0.15) is 0 Å². The quantitative estimate of drug-likeness (QED) is 0.892. The molecule has 98 valence electrons. The summed E-state index contributed by atoms with van der Waals surface area (Å²) in [6.45, 7) is 1.74. The zero-order valence-corrected chi connectivity index (χ0v) is 11.1. The number of carboxylic acids is 1. The third kappa shape index (κ3) is 3.74. The zero-order chi connectivity index (χ0) is 13.7. The van der Waals surface area contributed by atoms with Crippen molar-refractivity contribution in [2.24, 2.45) is 0 Å². The number of hydrogen-bond donors (Lipinski definition) is 1. The van der Waals surface area contributed by atoms with Crippen molar-refractivity contribution in [1.82, 2.24) is 4.90 Å². The highest BCUT2D eigenvalue weighted by atomic mass is 35.5. The zero-order valence-electron chi connectivity index (χ0n) is 10.4. The first-order valence-electron chi connectivity index (χ1n) is 5.68. The van der Waals surface area contributed by atoms with Crippen LogP contribution in [0.2, 0.25) is 5.02 Å². The number of aliphatic carboxylic acids is 1. The number of carboxylic acid groups (broad SMARTS) is 1. The lowest BCUT2D eigenvalue weighted by molar-refractivity contribution is -0.148. The number of hydrogen-bond acceptors (Lipinski definition) is 2. The van der Waals surface area contributed by atoms with Gasteiger partial charge in [0.1, 0.15) is 6.04 Å². The number of halogens is 1. The summed E-state index contributed by atoms with van der Waals surface area (Å²) in [6.07, 6.45) is 0.565. The van der Waals surface area contributed by atoms with Crippen molar-refractivity contribution in [3.8, 4) is 0 Å². The van der Waals surface area contributed by atoms with Crippen LogP contribution in [-0.2, 0) is 16.0 Å². The van der Waals surface area contributed by atoms with Crippen molar-refractivity contribution in [2.45, 2.75) is 25.8 Å². The second-order valence-corrected chi connectivity index (χ2v) is 4.51. The Labute approximate surface area is 111 Å². The van der Waals surface area contributed by atoms with Crippen molar-refractivity contribution < 1.29 is 14.7 Å². The maximum absolute atomic E-state index is 11.9. The van der Waals surface area contributed by atoms with Gasteiger partial charge < -0.3 is 10.0 Å². The normalized spacial score (nSPS) is 11.9. The second-order valence-electron chi connectivity index (χ2n) is 4.07. The van der Waals surface area contributed by atoms with Gasteiger partial charge in [-0.05, 0) is 24.1 Å². The van der Waals surface area contributed by atoms with E-state index in [4.69, 9.17) is 16.7 Å². The molecule has 18 heavy (non-hydrogen) atoms. The molecular formula is C13H16ClNO3. The highest BCUT2D eigenvalue weighted by Gasteiger charge is 2.24. The van der Waals surface area contributed by atoms with E-state index < -0.39 is 12.0 Å². The monoisotopic (exact) mass is 269 g/mol. The summed E-state index contributed by atoms with van der Waals surface area (Å²) >= 11 is 5.75. The molecule has 0 bridgehead atoms. The standard InChI is InChI=1S/C13H16ClNO3/c1-3-11(13(17)18)15(2)12(16)8-9-4-6-10(14)7-5-9/h4-7,11H,3,8H2,1-2H3,(H,17,18). The van der Waals surface area contributed by atoms with E-state index in [1.54, 1.807) is 31.2 Å². The summed E-state index contributed by atoms with van der Waals surface area (Å²) in [5.74, 6) is -1.20. The van der Waals surface area contributed by atoms with Crippen molar-refractivity contribution in [3.63, 3.8) is 0 Å². The smallest absolute Gasteiger partial charge is 0.326 e. The number of benzene rings is 1. The van der Waals surface area contributed by atoms with Crippen molar-refractivity contribution in [1.29, 1.82) is 0 Å². The summed E-state index contributed by atoms with van der Waals surface area (Å²) in [7, 11) is 1.51. The molecule has 1 aromatic carbocycles.